The van der Waals surface area contributed by atoms with Gasteiger partial charge in [0.25, 0.3) is 0 Å². The lowest BCUT2D eigenvalue weighted by Crippen LogP contribution is -2.29. The summed E-state index contributed by atoms with van der Waals surface area (Å²) >= 11 is 0. The van der Waals surface area contributed by atoms with Crippen LogP contribution in [0.5, 0.6) is 5.75 Å². The molecule has 1 heterocycles. The molecule has 1 N–H and O–H groups in total. The highest BCUT2D eigenvalue weighted by molar-refractivity contribution is 6.62. The van der Waals surface area contributed by atoms with Crippen molar-refractivity contribution >= 4 is 18.4 Å². The molecule has 4 nitrogen and oxygen atoms in total. The summed E-state index contributed by atoms with van der Waals surface area (Å²) in [6.07, 6.45) is 0.284. The fraction of sp³-hybridized carbons (Fsp3) is 0.278. The molecular formula is C18H19BO4. The average molecular weight is 310 g/mol. The third-order valence-electron chi connectivity index (χ3n) is 4.21. The molecule has 0 atom stereocenters. The molecule has 0 saturated carbocycles. The van der Waals surface area contributed by atoms with Crippen LogP contribution in [0.15, 0.2) is 42.5 Å². The first-order chi connectivity index (χ1) is 10.9. The van der Waals surface area contributed by atoms with E-state index in [1.54, 1.807) is 31.4 Å². The molecule has 2 aromatic carbocycles. The second-order valence-corrected chi connectivity index (χ2v) is 6.23. The van der Waals surface area contributed by atoms with Crippen molar-refractivity contribution in [2.75, 3.05) is 7.11 Å². The molecule has 0 bridgehead atoms. The Bertz CT molecular complexity index is 737. The van der Waals surface area contributed by atoms with Crippen LogP contribution in [0.1, 0.15) is 35.3 Å². The number of carbonyl (C=O) groups excluding carboxylic acids is 1. The van der Waals surface area contributed by atoms with Gasteiger partial charge in [-0.25, -0.2) is 0 Å². The molecule has 23 heavy (non-hydrogen) atoms. The summed E-state index contributed by atoms with van der Waals surface area (Å²) in [5, 5.41) is 10.0. The van der Waals surface area contributed by atoms with Crippen molar-refractivity contribution in [1.82, 2.24) is 0 Å². The van der Waals surface area contributed by atoms with E-state index >= 15 is 0 Å². The average Bonchev–Trinajstić information content (AvgIpc) is 2.76. The van der Waals surface area contributed by atoms with Gasteiger partial charge in [-0.3, -0.25) is 4.79 Å². The van der Waals surface area contributed by atoms with Gasteiger partial charge in [-0.05, 0) is 54.7 Å². The topological polar surface area (TPSA) is 55.8 Å². The zero-order chi connectivity index (χ0) is 16.6. The second-order valence-electron chi connectivity index (χ2n) is 6.23. The minimum atomic E-state index is -0.934. The van der Waals surface area contributed by atoms with E-state index in [4.69, 9.17) is 9.39 Å². The number of benzene rings is 2. The molecule has 0 saturated heterocycles. The lowest BCUT2D eigenvalue weighted by atomic mass is 9.77. The van der Waals surface area contributed by atoms with Crippen molar-refractivity contribution in [2.24, 2.45) is 0 Å². The van der Waals surface area contributed by atoms with E-state index in [0.29, 0.717) is 5.56 Å². The van der Waals surface area contributed by atoms with Crippen LogP contribution >= 0.6 is 0 Å². The summed E-state index contributed by atoms with van der Waals surface area (Å²) in [4.78, 5) is 12.4. The van der Waals surface area contributed by atoms with Crippen LogP contribution in [-0.4, -0.2) is 25.0 Å². The van der Waals surface area contributed by atoms with E-state index < -0.39 is 12.7 Å². The van der Waals surface area contributed by atoms with Crippen LogP contribution in [0, 0.1) is 0 Å². The Hall–Kier alpha value is -2.11. The molecule has 0 amide bonds. The smallest absolute Gasteiger partial charge is 0.492 e. The minimum Gasteiger partial charge on any atom is -0.497 e. The van der Waals surface area contributed by atoms with E-state index in [1.807, 2.05) is 32.0 Å². The number of methoxy groups -OCH3 is 1. The third kappa shape index (κ3) is 3.02. The Morgan fingerprint density at radius 2 is 1.91 bits per heavy atom. The highest BCUT2D eigenvalue weighted by Crippen LogP contribution is 2.30. The molecule has 0 spiro atoms. The van der Waals surface area contributed by atoms with E-state index in [0.717, 1.165) is 22.3 Å². The maximum absolute atomic E-state index is 12.4. The van der Waals surface area contributed by atoms with Crippen molar-refractivity contribution in [3.05, 3.63) is 59.2 Å². The second kappa shape index (κ2) is 5.83. The van der Waals surface area contributed by atoms with E-state index in [1.165, 1.54) is 0 Å². The number of ether oxygens (including phenoxy) is 1. The normalized spacial score (nSPS) is 15.4. The highest BCUT2D eigenvalue weighted by atomic mass is 16.5. The van der Waals surface area contributed by atoms with Gasteiger partial charge in [0.2, 0.25) is 0 Å². The van der Waals surface area contributed by atoms with Crippen LogP contribution in [0.2, 0.25) is 0 Å². The highest BCUT2D eigenvalue weighted by Gasteiger charge is 2.40. The summed E-state index contributed by atoms with van der Waals surface area (Å²) in [6.45, 7) is 3.84. The van der Waals surface area contributed by atoms with Gasteiger partial charge in [-0.2, -0.15) is 0 Å². The largest absolute Gasteiger partial charge is 0.497 e. The number of carbonyl (C=O) groups is 1. The molecule has 0 radical (unpaired) electrons. The Labute approximate surface area is 136 Å². The van der Waals surface area contributed by atoms with Crippen LogP contribution in [0.3, 0.4) is 0 Å². The summed E-state index contributed by atoms with van der Waals surface area (Å²) < 4.78 is 10.6. The first-order valence-corrected chi connectivity index (χ1v) is 7.57. The third-order valence-corrected chi connectivity index (χ3v) is 4.21. The maximum Gasteiger partial charge on any atom is 0.492 e. The fourth-order valence-electron chi connectivity index (χ4n) is 2.95. The van der Waals surface area contributed by atoms with Crippen molar-refractivity contribution in [3.63, 3.8) is 0 Å². The monoisotopic (exact) mass is 310 g/mol. The first kappa shape index (κ1) is 15.8. The van der Waals surface area contributed by atoms with Crippen LogP contribution in [0.4, 0.5) is 0 Å². The molecule has 118 valence electrons. The molecule has 5 heteroatoms. The Morgan fingerprint density at radius 3 is 2.57 bits per heavy atom. The van der Waals surface area contributed by atoms with Gasteiger partial charge in [0.05, 0.1) is 12.7 Å². The van der Waals surface area contributed by atoms with E-state index in [-0.39, 0.29) is 12.2 Å². The van der Waals surface area contributed by atoms with Gasteiger partial charge < -0.3 is 14.4 Å². The molecule has 3 rings (SSSR count). The standard InChI is InChI=1S/C18H19BO4/c1-18(2)15-9-4-12(10-16(15)19(21)23-18)11-17(20)13-5-7-14(22-3)8-6-13/h4-10,21H,11H2,1-3H3. The van der Waals surface area contributed by atoms with E-state index in [9.17, 15) is 9.82 Å². The quantitative estimate of drug-likeness (QED) is 0.694. The Balaban J connectivity index is 1.81. The molecule has 0 aliphatic carbocycles. The number of ketones is 1. The van der Waals surface area contributed by atoms with Crippen molar-refractivity contribution in [3.8, 4) is 5.75 Å². The van der Waals surface area contributed by atoms with Gasteiger partial charge in [0.1, 0.15) is 5.75 Å². The zero-order valence-electron chi connectivity index (χ0n) is 13.5. The van der Waals surface area contributed by atoms with Crippen LogP contribution in [-0.2, 0) is 16.7 Å². The number of rotatable bonds is 4. The number of Topliss-reactive ketones (excluding diaryl/α,β-unsaturated/α-hetero) is 1. The van der Waals surface area contributed by atoms with Gasteiger partial charge in [0.15, 0.2) is 5.78 Å². The molecule has 2 aromatic rings. The summed E-state index contributed by atoms with van der Waals surface area (Å²) in [5.41, 5.74) is 2.71. The van der Waals surface area contributed by atoms with Crippen LogP contribution < -0.4 is 10.2 Å². The Morgan fingerprint density at radius 1 is 1.22 bits per heavy atom. The molecule has 1 aliphatic rings. The molecule has 0 unspecified atom stereocenters. The zero-order valence-corrected chi connectivity index (χ0v) is 13.5. The molecular weight excluding hydrogens is 291 g/mol. The molecule has 1 aliphatic heterocycles. The lowest BCUT2D eigenvalue weighted by Gasteiger charge is -2.19. The predicted octanol–water partition coefficient (Wildman–Crippen LogP) is 2.07. The molecule has 0 fully saturated rings. The molecule has 0 aromatic heterocycles. The number of hydrogen-bond acceptors (Lipinski definition) is 4. The van der Waals surface area contributed by atoms with Gasteiger partial charge >= 0.3 is 7.12 Å². The maximum atomic E-state index is 12.4. The van der Waals surface area contributed by atoms with Gasteiger partial charge in [-0.15, -0.1) is 0 Å². The van der Waals surface area contributed by atoms with Crippen molar-refractivity contribution in [2.45, 2.75) is 25.9 Å². The SMILES string of the molecule is COc1ccc(C(=O)Cc2ccc3c(c2)B(O)OC3(C)C)cc1. The van der Waals surface area contributed by atoms with Crippen molar-refractivity contribution < 1.29 is 19.2 Å². The summed E-state index contributed by atoms with van der Waals surface area (Å²) in [6, 6.07) is 12.8. The fourth-order valence-corrected chi connectivity index (χ4v) is 2.95. The summed E-state index contributed by atoms with van der Waals surface area (Å²) in [7, 11) is 0.659. The van der Waals surface area contributed by atoms with Gasteiger partial charge in [0, 0.05) is 12.0 Å². The minimum absolute atomic E-state index is 0.0280. The van der Waals surface area contributed by atoms with Crippen LogP contribution in [0.25, 0.3) is 0 Å². The number of fused-ring (bicyclic) bond motifs is 1. The van der Waals surface area contributed by atoms with Crippen molar-refractivity contribution in [1.29, 1.82) is 0 Å². The first-order valence-electron chi connectivity index (χ1n) is 7.57. The predicted molar refractivity (Wildman–Crippen MR) is 89.2 cm³/mol. The number of hydrogen-bond donors (Lipinski definition) is 1. The van der Waals surface area contributed by atoms with E-state index in [2.05, 4.69) is 0 Å². The lowest BCUT2D eigenvalue weighted by molar-refractivity contribution is 0.0991. The Kier molecular flexibility index (Phi) is 4.00. The van der Waals surface area contributed by atoms with Gasteiger partial charge in [-0.1, -0.05) is 18.2 Å². The summed E-state index contributed by atoms with van der Waals surface area (Å²) in [5.74, 6) is 0.752.